The molecular formula is C34H35N3O7S. The first kappa shape index (κ1) is 30.3. The Morgan fingerprint density at radius 2 is 1.73 bits per heavy atom. The largest absolute Gasteiger partial charge is 0.496 e. The van der Waals surface area contributed by atoms with E-state index in [9.17, 15) is 18.0 Å². The molecule has 3 aromatic carbocycles. The summed E-state index contributed by atoms with van der Waals surface area (Å²) in [6.45, 7) is 6.33. The number of aromatic amines is 1. The smallest absolute Gasteiger partial charge is 0.266 e. The van der Waals surface area contributed by atoms with Crippen molar-refractivity contribution in [3.05, 3.63) is 94.0 Å². The number of benzene rings is 3. The van der Waals surface area contributed by atoms with Crippen LogP contribution in [0.5, 0.6) is 17.2 Å². The number of aryl methyl sites for hydroxylation is 1. The molecule has 234 valence electrons. The van der Waals surface area contributed by atoms with E-state index in [4.69, 9.17) is 14.2 Å². The average molecular weight is 630 g/mol. The fourth-order valence-electron chi connectivity index (χ4n) is 6.09. The van der Waals surface area contributed by atoms with Crippen LogP contribution in [0.15, 0.2) is 71.8 Å². The molecule has 1 aliphatic rings. The molecule has 11 heteroatoms. The van der Waals surface area contributed by atoms with Crippen LogP contribution >= 0.6 is 0 Å². The second kappa shape index (κ2) is 11.6. The number of pyridine rings is 1. The zero-order valence-electron chi connectivity index (χ0n) is 25.6. The van der Waals surface area contributed by atoms with E-state index in [0.29, 0.717) is 76.5 Å². The quantitative estimate of drug-likeness (QED) is 0.204. The zero-order chi connectivity index (χ0) is 31.9. The Bertz CT molecular complexity index is 2110. The molecule has 0 unspecified atom stereocenters. The first-order valence-electron chi connectivity index (χ1n) is 14.9. The molecule has 0 saturated heterocycles. The van der Waals surface area contributed by atoms with Gasteiger partial charge in [0.15, 0.2) is 5.75 Å². The van der Waals surface area contributed by atoms with Crippen LogP contribution in [0.25, 0.3) is 27.4 Å². The molecule has 1 aliphatic carbocycles. The molecule has 2 aromatic heterocycles. The molecule has 45 heavy (non-hydrogen) atoms. The minimum absolute atomic E-state index is 0.276. The van der Waals surface area contributed by atoms with E-state index in [1.54, 1.807) is 48.8 Å². The summed E-state index contributed by atoms with van der Waals surface area (Å²) in [5.41, 5.74) is 1.96. The minimum atomic E-state index is -4.02. The number of nitrogens with one attached hydrogen (secondary N) is 2. The summed E-state index contributed by atoms with van der Waals surface area (Å²) in [6.07, 6.45) is 4.60. The number of aromatic nitrogens is 2. The molecule has 2 N–H and O–H groups in total. The number of ether oxygens (including phenoxy) is 3. The van der Waals surface area contributed by atoms with Crippen LogP contribution in [0.3, 0.4) is 0 Å². The molecular weight excluding hydrogens is 594 g/mol. The number of sulfonamides is 1. The Labute approximate surface area is 261 Å². The van der Waals surface area contributed by atoms with Crippen molar-refractivity contribution in [1.82, 2.24) is 14.3 Å². The Morgan fingerprint density at radius 1 is 1.00 bits per heavy atom. The first-order valence-corrected chi connectivity index (χ1v) is 16.5. The number of carbonyl (C=O) groups excluding carboxylic acids is 1. The van der Waals surface area contributed by atoms with E-state index in [0.717, 1.165) is 10.9 Å². The van der Waals surface area contributed by atoms with Crippen LogP contribution in [-0.4, -0.2) is 44.2 Å². The van der Waals surface area contributed by atoms with Crippen molar-refractivity contribution >= 4 is 37.6 Å². The number of amides is 1. The predicted molar refractivity (Wildman–Crippen MR) is 173 cm³/mol. The molecule has 2 heterocycles. The van der Waals surface area contributed by atoms with E-state index in [1.807, 2.05) is 39.0 Å². The lowest BCUT2D eigenvalue weighted by molar-refractivity contribution is -0.121. The van der Waals surface area contributed by atoms with Gasteiger partial charge in [0, 0.05) is 23.3 Å². The van der Waals surface area contributed by atoms with E-state index in [2.05, 4.69) is 9.71 Å². The van der Waals surface area contributed by atoms with Gasteiger partial charge < -0.3 is 19.2 Å². The molecule has 5 aromatic rings. The zero-order valence-corrected chi connectivity index (χ0v) is 26.4. The molecule has 0 radical (unpaired) electrons. The number of methoxy groups -OCH3 is 1. The van der Waals surface area contributed by atoms with Crippen LogP contribution in [0.2, 0.25) is 0 Å². The van der Waals surface area contributed by atoms with Crippen molar-refractivity contribution < 1.29 is 27.4 Å². The fraction of sp³-hybridized carbons (Fsp3) is 0.294. The third-order valence-electron chi connectivity index (χ3n) is 8.27. The van der Waals surface area contributed by atoms with Gasteiger partial charge >= 0.3 is 0 Å². The number of rotatable bonds is 11. The molecule has 0 spiro atoms. The van der Waals surface area contributed by atoms with Gasteiger partial charge in [0.1, 0.15) is 11.5 Å². The van der Waals surface area contributed by atoms with Crippen molar-refractivity contribution in [1.29, 1.82) is 0 Å². The van der Waals surface area contributed by atoms with E-state index >= 15 is 0 Å². The van der Waals surface area contributed by atoms with Crippen molar-refractivity contribution in [2.45, 2.75) is 44.8 Å². The lowest BCUT2D eigenvalue weighted by Crippen LogP contribution is -2.39. The fourth-order valence-corrected chi connectivity index (χ4v) is 7.25. The van der Waals surface area contributed by atoms with Crippen molar-refractivity contribution in [3.63, 3.8) is 0 Å². The normalized spacial score (nSPS) is 14.0. The van der Waals surface area contributed by atoms with Gasteiger partial charge in [-0.1, -0.05) is 30.3 Å². The van der Waals surface area contributed by atoms with E-state index in [-0.39, 0.29) is 5.56 Å². The second-order valence-electron chi connectivity index (χ2n) is 11.2. The number of carbonyl (C=O) groups is 1. The van der Waals surface area contributed by atoms with Gasteiger partial charge in [0.05, 0.1) is 53.5 Å². The second-order valence-corrected chi connectivity index (χ2v) is 12.9. The van der Waals surface area contributed by atoms with Crippen LogP contribution in [-0.2, 0) is 26.0 Å². The third kappa shape index (κ3) is 5.31. The molecule has 1 saturated carbocycles. The van der Waals surface area contributed by atoms with Gasteiger partial charge in [-0.15, -0.1) is 0 Å². The summed E-state index contributed by atoms with van der Waals surface area (Å²) in [7, 11) is -2.49. The Balaban J connectivity index is 1.32. The van der Waals surface area contributed by atoms with Crippen molar-refractivity contribution in [2.75, 3.05) is 20.3 Å². The number of hydrogen-bond donors (Lipinski definition) is 2. The van der Waals surface area contributed by atoms with E-state index in [1.165, 1.54) is 11.7 Å². The monoisotopic (exact) mass is 629 g/mol. The maximum atomic E-state index is 13.9. The Kier molecular flexibility index (Phi) is 7.82. The third-order valence-corrected chi connectivity index (χ3v) is 9.48. The highest BCUT2D eigenvalue weighted by atomic mass is 32.2. The Hall–Kier alpha value is -4.77. The van der Waals surface area contributed by atoms with Crippen molar-refractivity contribution in [3.8, 4) is 22.9 Å². The highest BCUT2D eigenvalue weighted by Gasteiger charge is 2.53. The molecule has 1 fully saturated rings. The van der Waals surface area contributed by atoms with Gasteiger partial charge in [-0.25, -0.2) is 8.42 Å². The van der Waals surface area contributed by atoms with Crippen LogP contribution in [0.1, 0.15) is 43.4 Å². The molecule has 0 bridgehead atoms. The highest BCUT2D eigenvalue weighted by molar-refractivity contribution is 7.89. The molecule has 1 amide bonds. The minimum Gasteiger partial charge on any atom is -0.496 e. The summed E-state index contributed by atoms with van der Waals surface area (Å²) < 4.78 is 47.6. The number of hydrogen-bond acceptors (Lipinski definition) is 7. The predicted octanol–water partition coefficient (Wildman–Crippen LogP) is 5.26. The average Bonchev–Trinajstić information content (AvgIpc) is 3.77. The number of para-hydroxylation sites is 1. The first-order chi connectivity index (χ1) is 21.6. The van der Waals surface area contributed by atoms with E-state index < -0.39 is 27.1 Å². The maximum absolute atomic E-state index is 13.9. The van der Waals surface area contributed by atoms with Gasteiger partial charge in [-0.3, -0.25) is 18.9 Å². The van der Waals surface area contributed by atoms with Gasteiger partial charge in [-0.2, -0.15) is 0 Å². The standard InChI is InChI=1S/C34H35N3O7S/c1-5-43-30-23-10-9-17-35-29(23)31(44-6-2)24-19-37(32(38)28(24)30)26-14-13-22(18-21(26)3)20-45(40,41)36-33(39)34(15-16-34)25-11-7-8-12-27(25)42-4/h7-14,17-19,35H,5-6,15-16,20H2,1-4H3,(H,36,39). The van der Waals surface area contributed by atoms with Crippen molar-refractivity contribution in [2.24, 2.45) is 0 Å². The molecule has 0 atom stereocenters. The van der Waals surface area contributed by atoms with Crippen LogP contribution in [0, 0.1) is 6.92 Å². The summed E-state index contributed by atoms with van der Waals surface area (Å²) in [5.74, 6) is 0.626. The van der Waals surface area contributed by atoms with Crippen LogP contribution in [0.4, 0.5) is 0 Å². The van der Waals surface area contributed by atoms with Crippen LogP contribution < -0.4 is 24.5 Å². The number of H-pyrrole nitrogens is 1. The lowest BCUT2D eigenvalue weighted by Gasteiger charge is -2.18. The lowest BCUT2D eigenvalue weighted by atomic mass is 9.94. The molecule has 10 nitrogen and oxygen atoms in total. The topological polar surface area (TPSA) is 129 Å². The van der Waals surface area contributed by atoms with Gasteiger partial charge in [-0.05, 0) is 69.0 Å². The highest BCUT2D eigenvalue weighted by Crippen LogP contribution is 2.51. The summed E-state index contributed by atoms with van der Waals surface area (Å²) in [6, 6.07) is 16.0. The number of nitrogens with zero attached hydrogens (tertiary/aromatic N) is 1. The molecule has 6 rings (SSSR count). The summed E-state index contributed by atoms with van der Waals surface area (Å²) in [5, 5.41) is 1.76. The maximum Gasteiger partial charge on any atom is 0.266 e. The Morgan fingerprint density at radius 3 is 2.42 bits per heavy atom. The SMILES string of the molecule is CCOc1c2cn(-c3ccc(CS(=O)(=O)NC(=O)C4(c5ccccc5OC)CC4)cc3C)c(=O)c2c(OCC)c2ccc[nH]c12. The van der Waals surface area contributed by atoms with Gasteiger partial charge in [0.2, 0.25) is 15.9 Å². The van der Waals surface area contributed by atoms with Gasteiger partial charge in [0.25, 0.3) is 5.56 Å². The summed E-state index contributed by atoms with van der Waals surface area (Å²) in [4.78, 5) is 30.4. The molecule has 0 aliphatic heterocycles. The number of fused-ring (bicyclic) bond motifs is 2. The summed E-state index contributed by atoms with van der Waals surface area (Å²) >= 11 is 0.